The minimum Gasteiger partial charge on any atom is -0.495 e. The van der Waals surface area contributed by atoms with Crippen LogP contribution in [0.4, 0.5) is 0 Å². The van der Waals surface area contributed by atoms with E-state index in [1.165, 1.54) is 12.1 Å². The molecule has 4 rings (SSSR count). The van der Waals surface area contributed by atoms with E-state index in [-0.39, 0.29) is 23.7 Å². The number of rotatable bonds is 5. The quantitative estimate of drug-likeness (QED) is 0.663. The molecule has 0 unspecified atom stereocenters. The van der Waals surface area contributed by atoms with Gasteiger partial charge in [-0.1, -0.05) is 18.2 Å². The van der Waals surface area contributed by atoms with E-state index < -0.39 is 33.3 Å². The third-order valence-electron chi connectivity index (χ3n) is 4.98. The molecule has 3 saturated heterocycles. The van der Waals surface area contributed by atoms with Gasteiger partial charge in [-0.2, -0.15) is 0 Å². The summed E-state index contributed by atoms with van der Waals surface area (Å²) in [5.74, 6) is -2.88. The molecule has 8 nitrogen and oxygen atoms in total. The summed E-state index contributed by atoms with van der Waals surface area (Å²) in [6.07, 6.45) is -0.161. The first kappa shape index (κ1) is 20.8. The zero-order valence-electron chi connectivity index (χ0n) is 16.9. The van der Waals surface area contributed by atoms with Crippen LogP contribution in [0.25, 0.3) is 0 Å². The van der Waals surface area contributed by atoms with Crippen LogP contribution in [0.2, 0.25) is 0 Å². The highest BCUT2D eigenvalue weighted by atomic mass is 32.2. The Kier molecular flexibility index (Phi) is 5.04. The Morgan fingerprint density at radius 1 is 1.07 bits per heavy atom. The van der Waals surface area contributed by atoms with Crippen molar-refractivity contribution < 1.29 is 36.8 Å². The summed E-state index contributed by atoms with van der Waals surface area (Å²) in [5.41, 5.74) is 0. The van der Waals surface area contributed by atoms with Gasteiger partial charge in [0.05, 0.1) is 23.2 Å². The highest BCUT2D eigenvalue weighted by Gasteiger charge is 2.67. The van der Waals surface area contributed by atoms with Crippen molar-refractivity contribution in [3.05, 3.63) is 42.0 Å². The number of hydrogen-bond acceptors (Lipinski definition) is 8. The first-order valence-electron chi connectivity index (χ1n) is 9.48. The van der Waals surface area contributed by atoms with Crippen molar-refractivity contribution in [3.63, 3.8) is 0 Å². The van der Waals surface area contributed by atoms with Gasteiger partial charge in [0.25, 0.3) is 0 Å². The molecule has 3 aliphatic heterocycles. The second-order valence-electron chi connectivity index (χ2n) is 8.24. The van der Waals surface area contributed by atoms with Crippen molar-refractivity contribution in [1.82, 2.24) is 0 Å². The van der Waals surface area contributed by atoms with Gasteiger partial charge in [0, 0.05) is 0 Å². The lowest BCUT2D eigenvalue weighted by molar-refractivity contribution is -0.330. The van der Waals surface area contributed by atoms with Gasteiger partial charge in [-0.25, -0.2) is 8.42 Å². The Hall–Kier alpha value is -1.49. The zero-order valence-corrected chi connectivity index (χ0v) is 17.7. The van der Waals surface area contributed by atoms with E-state index in [1.54, 1.807) is 32.0 Å². The zero-order chi connectivity index (χ0) is 20.9. The van der Waals surface area contributed by atoms with Crippen molar-refractivity contribution in [2.24, 2.45) is 0 Å². The predicted molar refractivity (Wildman–Crippen MR) is 101 cm³/mol. The molecular formula is C20H26O8S. The average Bonchev–Trinajstić information content (AvgIpc) is 3.06. The molecule has 4 atom stereocenters. The molecule has 0 radical (unpaired) electrons. The van der Waals surface area contributed by atoms with Gasteiger partial charge in [0.1, 0.15) is 24.9 Å². The molecule has 1 aromatic carbocycles. The van der Waals surface area contributed by atoms with Gasteiger partial charge in [-0.05, 0) is 39.8 Å². The standard InChI is InChI=1S/C20H26O8S/c1-18(2)24-12-15-16(26-18)17-20(25-15,28-19(3,4)27-17)13-23-10-11-29(21,22)14-8-6-5-7-9-14/h5-11,15-17H,12-13H2,1-4H3/b11-10+/t15-,16+,17-,20-/m0/s1. The Balaban J connectivity index is 1.48. The van der Waals surface area contributed by atoms with Crippen molar-refractivity contribution in [1.29, 1.82) is 0 Å². The summed E-state index contributed by atoms with van der Waals surface area (Å²) in [6.45, 7) is 7.51. The fourth-order valence-electron chi connectivity index (χ4n) is 3.84. The molecule has 160 valence electrons. The summed E-state index contributed by atoms with van der Waals surface area (Å²) in [5, 5.41) is 1.01. The number of fused-ring (bicyclic) bond motifs is 3. The van der Waals surface area contributed by atoms with Crippen LogP contribution in [-0.2, 0) is 38.3 Å². The monoisotopic (exact) mass is 426 g/mol. The minimum absolute atomic E-state index is 0.0569. The van der Waals surface area contributed by atoms with Crippen LogP contribution in [0.1, 0.15) is 27.7 Å². The lowest BCUT2D eigenvalue weighted by Gasteiger charge is -2.38. The van der Waals surface area contributed by atoms with E-state index in [1.807, 2.05) is 13.8 Å². The summed E-state index contributed by atoms with van der Waals surface area (Å²) >= 11 is 0. The number of benzene rings is 1. The van der Waals surface area contributed by atoms with Crippen LogP contribution < -0.4 is 0 Å². The van der Waals surface area contributed by atoms with E-state index >= 15 is 0 Å². The van der Waals surface area contributed by atoms with Gasteiger partial charge in [-0.3, -0.25) is 0 Å². The molecule has 0 amide bonds. The normalized spacial score (nSPS) is 35.4. The van der Waals surface area contributed by atoms with Crippen LogP contribution >= 0.6 is 0 Å². The lowest BCUT2D eigenvalue weighted by Crippen LogP contribution is -2.51. The number of hydrogen-bond donors (Lipinski definition) is 0. The molecule has 9 heteroatoms. The van der Waals surface area contributed by atoms with Gasteiger partial charge in [-0.15, -0.1) is 0 Å². The van der Waals surface area contributed by atoms with Crippen LogP contribution in [0.15, 0.2) is 46.9 Å². The molecular weight excluding hydrogens is 400 g/mol. The van der Waals surface area contributed by atoms with Crippen molar-refractivity contribution in [2.75, 3.05) is 13.2 Å². The van der Waals surface area contributed by atoms with Gasteiger partial charge in [0.15, 0.2) is 11.6 Å². The molecule has 3 heterocycles. The molecule has 0 aromatic heterocycles. The Bertz CT molecular complexity index is 879. The summed E-state index contributed by atoms with van der Waals surface area (Å²) in [7, 11) is -3.60. The number of ether oxygens (including phenoxy) is 6. The summed E-state index contributed by atoms with van der Waals surface area (Å²) in [6, 6.07) is 8.12. The third kappa shape index (κ3) is 4.08. The Morgan fingerprint density at radius 3 is 2.52 bits per heavy atom. The fraction of sp³-hybridized carbons (Fsp3) is 0.600. The molecule has 0 aliphatic carbocycles. The summed E-state index contributed by atoms with van der Waals surface area (Å²) < 4.78 is 60.1. The van der Waals surface area contributed by atoms with E-state index in [2.05, 4.69) is 0 Å². The second-order valence-corrected chi connectivity index (χ2v) is 10.1. The van der Waals surface area contributed by atoms with Crippen LogP contribution in [-0.4, -0.2) is 57.3 Å². The SMILES string of the molecule is CC1(C)OC[C@@H]2O[C@@]3(CO/C=C/S(=O)(=O)c4ccccc4)OC(C)(C)O[C@H]3[C@@H]2O1. The van der Waals surface area contributed by atoms with Gasteiger partial charge in [0.2, 0.25) is 15.6 Å². The Morgan fingerprint density at radius 2 is 1.79 bits per heavy atom. The maximum Gasteiger partial charge on any atom is 0.235 e. The first-order valence-corrected chi connectivity index (χ1v) is 11.0. The van der Waals surface area contributed by atoms with Crippen LogP contribution in [0, 0.1) is 0 Å². The smallest absolute Gasteiger partial charge is 0.235 e. The predicted octanol–water partition coefficient (Wildman–Crippen LogP) is 2.35. The van der Waals surface area contributed by atoms with E-state index in [9.17, 15) is 8.42 Å². The average molecular weight is 426 g/mol. The van der Waals surface area contributed by atoms with Gasteiger partial charge >= 0.3 is 0 Å². The third-order valence-corrected chi connectivity index (χ3v) is 6.38. The molecule has 0 saturated carbocycles. The van der Waals surface area contributed by atoms with Crippen LogP contribution in [0.5, 0.6) is 0 Å². The maximum absolute atomic E-state index is 12.3. The molecule has 0 N–H and O–H groups in total. The lowest BCUT2D eigenvalue weighted by atomic mass is 10.0. The van der Waals surface area contributed by atoms with E-state index in [4.69, 9.17) is 28.4 Å². The van der Waals surface area contributed by atoms with Crippen LogP contribution in [0.3, 0.4) is 0 Å². The first-order chi connectivity index (χ1) is 13.5. The van der Waals surface area contributed by atoms with Gasteiger partial charge < -0.3 is 28.4 Å². The van der Waals surface area contributed by atoms with Crippen molar-refractivity contribution in [2.45, 2.75) is 68.3 Å². The Labute approximate surface area is 170 Å². The molecule has 29 heavy (non-hydrogen) atoms. The number of sulfone groups is 1. The largest absolute Gasteiger partial charge is 0.495 e. The molecule has 1 aromatic rings. The molecule has 0 bridgehead atoms. The minimum atomic E-state index is -3.60. The van der Waals surface area contributed by atoms with E-state index in [0.717, 1.165) is 11.7 Å². The highest BCUT2D eigenvalue weighted by Crippen LogP contribution is 2.49. The fourth-order valence-corrected chi connectivity index (χ4v) is 4.76. The summed E-state index contributed by atoms with van der Waals surface area (Å²) in [4.78, 5) is 0.188. The highest BCUT2D eigenvalue weighted by molar-refractivity contribution is 7.94. The topological polar surface area (TPSA) is 89.5 Å². The maximum atomic E-state index is 12.3. The molecule has 3 fully saturated rings. The van der Waals surface area contributed by atoms with Crippen molar-refractivity contribution in [3.8, 4) is 0 Å². The molecule has 0 spiro atoms. The van der Waals surface area contributed by atoms with E-state index in [0.29, 0.717) is 6.61 Å². The van der Waals surface area contributed by atoms with Crippen molar-refractivity contribution >= 4 is 9.84 Å². The second kappa shape index (κ2) is 7.04. The molecule has 3 aliphatic rings.